The summed E-state index contributed by atoms with van der Waals surface area (Å²) in [5, 5.41) is 10.3. The van der Waals surface area contributed by atoms with Gasteiger partial charge in [0.1, 0.15) is 0 Å². The maximum absolute atomic E-state index is 13.1. The number of H-pyrrole nitrogens is 1. The number of amides is 3. The lowest BCUT2D eigenvalue weighted by Gasteiger charge is -2.38. The molecule has 1 atom stereocenters. The second-order valence-corrected chi connectivity index (χ2v) is 8.77. The summed E-state index contributed by atoms with van der Waals surface area (Å²) in [6.07, 6.45) is 10.3. The van der Waals surface area contributed by atoms with Crippen LogP contribution in [0.5, 0.6) is 0 Å². The van der Waals surface area contributed by atoms with Crippen LogP contribution >= 0.6 is 0 Å². The highest BCUT2D eigenvalue weighted by Crippen LogP contribution is 2.30. The van der Waals surface area contributed by atoms with Gasteiger partial charge in [-0.05, 0) is 56.9 Å². The van der Waals surface area contributed by atoms with Gasteiger partial charge in [-0.1, -0.05) is 12.8 Å². The standard InChI is InChI=1S/C21H33N5O2/c1-15-19(13-22-24-15)16-8-11-25(12-9-16)20(27)17-5-4-10-26(14-17)21(28)23-18-6-2-3-7-18/h13,16-18H,2-12,14H2,1H3,(H,22,24)(H,23,28). The number of aryl methyl sites for hydroxylation is 1. The van der Waals surface area contributed by atoms with Gasteiger partial charge in [-0.3, -0.25) is 9.89 Å². The van der Waals surface area contributed by atoms with Crippen molar-refractivity contribution in [2.75, 3.05) is 26.2 Å². The first-order chi connectivity index (χ1) is 13.6. The minimum Gasteiger partial charge on any atom is -0.342 e. The molecule has 2 aliphatic heterocycles. The monoisotopic (exact) mass is 387 g/mol. The van der Waals surface area contributed by atoms with Crippen molar-refractivity contribution >= 4 is 11.9 Å². The van der Waals surface area contributed by atoms with Gasteiger partial charge in [0.25, 0.3) is 0 Å². The first kappa shape index (κ1) is 19.3. The summed E-state index contributed by atoms with van der Waals surface area (Å²) in [6.45, 7) is 5.01. The maximum atomic E-state index is 13.1. The lowest BCUT2D eigenvalue weighted by molar-refractivity contribution is -0.138. The van der Waals surface area contributed by atoms with Crippen LogP contribution in [0.2, 0.25) is 0 Å². The number of urea groups is 1. The molecule has 1 unspecified atom stereocenters. The summed E-state index contributed by atoms with van der Waals surface area (Å²) in [5.41, 5.74) is 2.43. The number of nitrogens with zero attached hydrogens (tertiary/aromatic N) is 3. The van der Waals surface area contributed by atoms with E-state index in [1.54, 1.807) is 0 Å². The SMILES string of the molecule is Cc1[nH]ncc1C1CCN(C(=O)C2CCCN(C(=O)NC3CCCC3)C2)CC1. The van der Waals surface area contributed by atoms with Crippen molar-refractivity contribution in [2.24, 2.45) is 5.92 Å². The number of piperidine rings is 2. The van der Waals surface area contributed by atoms with Gasteiger partial charge < -0.3 is 15.1 Å². The summed E-state index contributed by atoms with van der Waals surface area (Å²) < 4.78 is 0. The van der Waals surface area contributed by atoms with Crippen LogP contribution < -0.4 is 5.32 Å². The molecule has 0 aromatic carbocycles. The Morgan fingerprint density at radius 2 is 1.79 bits per heavy atom. The zero-order chi connectivity index (χ0) is 19.5. The topological polar surface area (TPSA) is 81.3 Å². The quantitative estimate of drug-likeness (QED) is 0.837. The van der Waals surface area contributed by atoms with E-state index in [0.717, 1.165) is 63.9 Å². The highest BCUT2D eigenvalue weighted by atomic mass is 16.2. The van der Waals surface area contributed by atoms with Gasteiger partial charge in [0.05, 0.1) is 12.1 Å². The Morgan fingerprint density at radius 1 is 1.04 bits per heavy atom. The van der Waals surface area contributed by atoms with Gasteiger partial charge in [0.15, 0.2) is 0 Å². The molecule has 3 heterocycles. The van der Waals surface area contributed by atoms with Crippen LogP contribution in [-0.4, -0.2) is 64.2 Å². The number of likely N-dealkylation sites (tertiary alicyclic amines) is 2. The lowest BCUT2D eigenvalue weighted by atomic mass is 9.88. The van der Waals surface area contributed by atoms with Crippen LogP contribution in [-0.2, 0) is 4.79 Å². The molecular weight excluding hydrogens is 354 g/mol. The van der Waals surface area contributed by atoms with Crippen molar-refractivity contribution < 1.29 is 9.59 Å². The van der Waals surface area contributed by atoms with E-state index in [2.05, 4.69) is 22.4 Å². The van der Waals surface area contributed by atoms with Crippen LogP contribution in [0.15, 0.2) is 6.20 Å². The van der Waals surface area contributed by atoms with Gasteiger partial charge in [0, 0.05) is 37.9 Å². The first-order valence-corrected chi connectivity index (χ1v) is 11.0. The van der Waals surface area contributed by atoms with Crippen molar-refractivity contribution in [3.63, 3.8) is 0 Å². The smallest absolute Gasteiger partial charge is 0.317 e. The molecule has 1 saturated carbocycles. The van der Waals surface area contributed by atoms with E-state index in [-0.39, 0.29) is 17.9 Å². The molecule has 7 nitrogen and oxygen atoms in total. The van der Waals surface area contributed by atoms with Gasteiger partial charge >= 0.3 is 6.03 Å². The van der Waals surface area contributed by atoms with Crippen molar-refractivity contribution in [1.29, 1.82) is 0 Å². The number of aromatic amines is 1. The second-order valence-electron chi connectivity index (χ2n) is 8.77. The Morgan fingerprint density at radius 3 is 2.46 bits per heavy atom. The molecular formula is C21H33N5O2. The average Bonchev–Trinajstić information content (AvgIpc) is 3.39. The van der Waals surface area contributed by atoms with E-state index < -0.39 is 0 Å². The zero-order valence-electron chi connectivity index (χ0n) is 17.0. The van der Waals surface area contributed by atoms with E-state index in [4.69, 9.17) is 0 Å². The van der Waals surface area contributed by atoms with Crippen molar-refractivity contribution in [3.05, 3.63) is 17.5 Å². The minimum absolute atomic E-state index is 0.0264. The van der Waals surface area contributed by atoms with E-state index in [1.165, 1.54) is 18.4 Å². The molecule has 2 N–H and O–H groups in total. The zero-order valence-corrected chi connectivity index (χ0v) is 17.0. The summed E-state index contributed by atoms with van der Waals surface area (Å²) >= 11 is 0. The molecule has 3 fully saturated rings. The third-order valence-corrected chi connectivity index (χ3v) is 6.86. The molecule has 0 spiro atoms. The molecule has 0 bridgehead atoms. The highest BCUT2D eigenvalue weighted by molar-refractivity contribution is 5.81. The molecule has 4 rings (SSSR count). The number of rotatable bonds is 3. The van der Waals surface area contributed by atoms with Crippen LogP contribution in [0.4, 0.5) is 4.79 Å². The number of hydrogen-bond donors (Lipinski definition) is 2. The normalized spacial score (nSPS) is 24.5. The summed E-state index contributed by atoms with van der Waals surface area (Å²) in [4.78, 5) is 29.6. The van der Waals surface area contributed by atoms with Gasteiger partial charge in [-0.25, -0.2) is 4.79 Å². The molecule has 1 aliphatic carbocycles. The molecule has 3 aliphatic rings. The number of carbonyl (C=O) groups excluding carboxylic acids is 2. The molecule has 154 valence electrons. The molecule has 3 amide bonds. The molecule has 0 radical (unpaired) electrons. The van der Waals surface area contributed by atoms with Crippen molar-refractivity contribution in [3.8, 4) is 0 Å². The van der Waals surface area contributed by atoms with Crippen molar-refractivity contribution in [2.45, 2.75) is 70.3 Å². The van der Waals surface area contributed by atoms with E-state index >= 15 is 0 Å². The first-order valence-electron chi connectivity index (χ1n) is 11.0. The van der Waals surface area contributed by atoms with Crippen LogP contribution in [0.1, 0.15) is 68.5 Å². The summed E-state index contributed by atoms with van der Waals surface area (Å²) in [6, 6.07) is 0.354. The number of carbonyl (C=O) groups is 2. The molecule has 28 heavy (non-hydrogen) atoms. The van der Waals surface area contributed by atoms with Crippen LogP contribution in [0.25, 0.3) is 0 Å². The van der Waals surface area contributed by atoms with E-state index in [1.807, 2.05) is 16.0 Å². The van der Waals surface area contributed by atoms with E-state index in [9.17, 15) is 9.59 Å². The molecule has 1 aromatic heterocycles. The average molecular weight is 388 g/mol. The highest BCUT2D eigenvalue weighted by Gasteiger charge is 2.34. The fourth-order valence-electron chi connectivity index (χ4n) is 5.14. The number of hydrogen-bond acceptors (Lipinski definition) is 3. The maximum Gasteiger partial charge on any atom is 0.317 e. The molecule has 7 heteroatoms. The predicted molar refractivity (Wildman–Crippen MR) is 107 cm³/mol. The minimum atomic E-state index is -0.0460. The van der Waals surface area contributed by atoms with E-state index in [0.29, 0.717) is 18.5 Å². The summed E-state index contributed by atoms with van der Waals surface area (Å²) in [7, 11) is 0. The fourth-order valence-corrected chi connectivity index (χ4v) is 5.14. The third-order valence-electron chi connectivity index (χ3n) is 6.86. The van der Waals surface area contributed by atoms with Gasteiger partial charge in [0.2, 0.25) is 5.91 Å². The third kappa shape index (κ3) is 4.18. The Kier molecular flexibility index (Phi) is 5.87. The largest absolute Gasteiger partial charge is 0.342 e. The Hall–Kier alpha value is -2.05. The Bertz CT molecular complexity index is 689. The van der Waals surface area contributed by atoms with Crippen LogP contribution in [0.3, 0.4) is 0 Å². The van der Waals surface area contributed by atoms with Crippen LogP contribution in [0, 0.1) is 12.8 Å². The molecule has 2 saturated heterocycles. The van der Waals surface area contributed by atoms with Crippen molar-refractivity contribution in [1.82, 2.24) is 25.3 Å². The fraction of sp³-hybridized carbons (Fsp3) is 0.762. The Balaban J connectivity index is 1.28. The Labute approximate surface area is 167 Å². The summed E-state index contributed by atoms with van der Waals surface area (Å²) in [5.74, 6) is 0.680. The van der Waals surface area contributed by atoms with Gasteiger partial charge in [-0.15, -0.1) is 0 Å². The predicted octanol–water partition coefficient (Wildman–Crippen LogP) is 2.79. The lowest BCUT2D eigenvalue weighted by Crippen LogP contribution is -2.52. The molecule has 1 aromatic rings. The number of nitrogens with one attached hydrogen (secondary N) is 2. The second kappa shape index (κ2) is 8.53. The number of aromatic nitrogens is 2. The van der Waals surface area contributed by atoms with Gasteiger partial charge in [-0.2, -0.15) is 5.10 Å².